The second kappa shape index (κ2) is 7.63. The zero-order valence-electron chi connectivity index (χ0n) is 14.4. The van der Waals surface area contributed by atoms with Gasteiger partial charge in [0.25, 0.3) is 0 Å². The Bertz CT molecular complexity index is 650. The van der Waals surface area contributed by atoms with Crippen LogP contribution < -0.4 is 10.6 Å². The lowest BCUT2D eigenvalue weighted by Crippen LogP contribution is -2.41. The molecule has 0 aliphatic heterocycles. The van der Waals surface area contributed by atoms with Crippen molar-refractivity contribution in [1.82, 2.24) is 10.6 Å². The summed E-state index contributed by atoms with van der Waals surface area (Å²) in [5.41, 5.74) is 2.23. The molecule has 0 aromatic heterocycles. The first-order valence-electron chi connectivity index (χ1n) is 8.81. The van der Waals surface area contributed by atoms with Crippen molar-refractivity contribution in [1.29, 1.82) is 0 Å². The molecule has 0 unspecified atom stereocenters. The fraction of sp³-hybridized carbons (Fsp3) is 0.381. The van der Waals surface area contributed by atoms with E-state index < -0.39 is 0 Å². The number of hydrogen-bond donors (Lipinski definition) is 2. The molecule has 24 heavy (non-hydrogen) atoms. The summed E-state index contributed by atoms with van der Waals surface area (Å²) in [7, 11) is 0. The van der Waals surface area contributed by atoms with Crippen molar-refractivity contribution in [2.24, 2.45) is 5.92 Å². The fourth-order valence-electron chi connectivity index (χ4n) is 2.99. The zero-order chi connectivity index (χ0) is 16.9. The molecule has 1 aliphatic carbocycles. The van der Waals surface area contributed by atoms with Crippen LogP contribution >= 0.6 is 0 Å². The second-order valence-corrected chi connectivity index (χ2v) is 6.93. The highest BCUT2D eigenvalue weighted by atomic mass is 16.2. The Kier molecular flexibility index (Phi) is 5.31. The molecule has 0 radical (unpaired) electrons. The van der Waals surface area contributed by atoms with Crippen LogP contribution in [0, 0.1) is 5.92 Å². The van der Waals surface area contributed by atoms with Gasteiger partial charge in [-0.15, -0.1) is 0 Å². The van der Waals surface area contributed by atoms with E-state index in [2.05, 4.69) is 36.6 Å². The number of carbonyl (C=O) groups is 1. The van der Waals surface area contributed by atoms with Crippen molar-refractivity contribution in [2.45, 2.75) is 44.8 Å². The quantitative estimate of drug-likeness (QED) is 0.809. The summed E-state index contributed by atoms with van der Waals surface area (Å²) in [6.45, 7) is 4.37. The fourth-order valence-corrected chi connectivity index (χ4v) is 2.99. The van der Waals surface area contributed by atoms with E-state index in [-0.39, 0.29) is 18.0 Å². The van der Waals surface area contributed by atoms with Gasteiger partial charge in [-0.3, -0.25) is 10.1 Å². The summed E-state index contributed by atoms with van der Waals surface area (Å²) in [4.78, 5) is 12.8. The van der Waals surface area contributed by atoms with E-state index in [1.165, 1.54) is 5.56 Å². The maximum Gasteiger partial charge on any atom is 0.241 e. The Labute approximate surface area is 144 Å². The standard InChI is InChI=1S/C21H26N2O/c1-15(2)19(16-9-5-3-6-10-16)23-20(17-11-7-4-8-12-17)21(24)22-18-13-14-18/h3-12,15,18-20,23H,13-14H2,1-2H3,(H,22,24)/t19-,20-/m1/s1. The Hall–Kier alpha value is -2.13. The van der Waals surface area contributed by atoms with Crippen LogP contribution in [0.25, 0.3) is 0 Å². The molecule has 1 fully saturated rings. The average molecular weight is 322 g/mol. The summed E-state index contributed by atoms with van der Waals surface area (Å²) < 4.78 is 0. The van der Waals surface area contributed by atoms with Gasteiger partial charge in [-0.1, -0.05) is 74.5 Å². The molecule has 1 aliphatic rings. The lowest BCUT2D eigenvalue weighted by atomic mass is 9.93. The third-order valence-corrected chi connectivity index (χ3v) is 4.49. The average Bonchev–Trinajstić information content (AvgIpc) is 3.41. The van der Waals surface area contributed by atoms with E-state index in [1.54, 1.807) is 0 Å². The summed E-state index contributed by atoms with van der Waals surface area (Å²) in [6.07, 6.45) is 2.19. The molecule has 0 bridgehead atoms. The molecule has 0 saturated heterocycles. The molecule has 1 saturated carbocycles. The van der Waals surface area contributed by atoms with Crippen molar-refractivity contribution < 1.29 is 4.79 Å². The van der Waals surface area contributed by atoms with Crippen LogP contribution in [0.2, 0.25) is 0 Å². The first-order valence-corrected chi connectivity index (χ1v) is 8.81. The Morgan fingerprint density at radius 1 is 0.917 bits per heavy atom. The molecule has 126 valence electrons. The summed E-state index contributed by atoms with van der Waals surface area (Å²) in [5.74, 6) is 0.456. The molecule has 3 rings (SSSR count). The normalized spacial score (nSPS) is 16.6. The van der Waals surface area contributed by atoms with Crippen LogP contribution in [-0.2, 0) is 4.79 Å². The Balaban J connectivity index is 1.85. The minimum Gasteiger partial charge on any atom is -0.352 e. The minimum absolute atomic E-state index is 0.0743. The van der Waals surface area contributed by atoms with Crippen molar-refractivity contribution >= 4 is 5.91 Å². The van der Waals surface area contributed by atoms with Gasteiger partial charge in [0.15, 0.2) is 0 Å². The van der Waals surface area contributed by atoms with E-state index in [9.17, 15) is 4.79 Å². The summed E-state index contributed by atoms with van der Waals surface area (Å²) >= 11 is 0. The van der Waals surface area contributed by atoms with Gasteiger partial charge in [-0.25, -0.2) is 0 Å². The SMILES string of the molecule is CC(C)[C@@H](N[C@@H](C(=O)NC1CC1)c1ccccc1)c1ccccc1. The smallest absolute Gasteiger partial charge is 0.241 e. The highest BCUT2D eigenvalue weighted by Crippen LogP contribution is 2.27. The van der Waals surface area contributed by atoms with Crippen molar-refractivity contribution in [3.63, 3.8) is 0 Å². The van der Waals surface area contributed by atoms with Gasteiger partial charge in [-0.2, -0.15) is 0 Å². The first-order chi connectivity index (χ1) is 11.6. The predicted octanol–water partition coefficient (Wildman–Crippen LogP) is 3.99. The molecule has 3 nitrogen and oxygen atoms in total. The Morgan fingerprint density at radius 2 is 1.46 bits per heavy atom. The second-order valence-electron chi connectivity index (χ2n) is 6.93. The number of amides is 1. The number of rotatable bonds is 7. The van der Waals surface area contributed by atoms with Crippen molar-refractivity contribution in [3.8, 4) is 0 Å². The molecular formula is C21H26N2O. The van der Waals surface area contributed by atoms with E-state index in [4.69, 9.17) is 0 Å². The zero-order valence-corrected chi connectivity index (χ0v) is 14.4. The van der Waals surface area contributed by atoms with Crippen LogP contribution in [0.5, 0.6) is 0 Å². The largest absolute Gasteiger partial charge is 0.352 e. The number of benzene rings is 2. The molecule has 2 aromatic rings. The van der Waals surface area contributed by atoms with E-state index in [0.717, 1.165) is 18.4 Å². The van der Waals surface area contributed by atoms with Crippen LogP contribution in [0.3, 0.4) is 0 Å². The Morgan fingerprint density at radius 3 is 1.96 bits per heavy atom. The van der Waals surface area contributed by atoms with Gasteiger partial charge in [0, 0.05) is 12.1 Å². The van der Waals surface area contributed by atoms with E-state index in [0.29, 0.717) is 12.0 Å². The van der Waals surface area contributed by atoms with Crippen LogP contribution in [0.1, 0.15) is 49.9 Å². The minimum atomic E-state index is -0.334. The molecule has 0 spiro atoms. The molecule has 0 heterocycles. The van der Waals surface area contributed by atoms with Gasteiger partial charge >= 0.3 is 0 Å². The lowest BCUT2D eigenvalue weighted by Gasteiger charge is -2.28. The predicted molar refractivity (Wildman–Crippen MR) is 97.5 cm³/mol. The summed E-state index contributed by atoms with van der Waals surface area (Å²) in [5, 5.41) is 6.75. The van der Waals surface area contributed by atoms with Crippen LogP contribution in [0.4, 0.5) is 0 Å². The molecule has 3 heteroatoms. The number of nitrogens with one attached hydrogen (secondary N) is 2. The van der Waals surface area contributed by atoms with Crippen LogP contribution in [0.15, 0.2) is 60.7 Å². The number of hydrogen-bond acceptors (Lipinski definition) is 2. The third kappa shape index (κ3) is 4.24. The van der Waals surface area contributed by atoms with Gasteiger partial charge in [-0.05, 0) is 29.9 Å². The van der Waals surface area contributed by atoms with E-state index >= 15 is 0 Å². The molecule has 2 aromatic carbocycles. The molecular weight excluding hydrogens is 296 g/mol. The highest BCUT2D eigenvalue weighted by molar-refractivity contribution is 5.83. The van der Waals surface area contributed by atoms with Gasteiger partial charge in [0.2, 0.25) is 5.91 Å². The van der Waals surface area contributed by atoms with Crippen molar-refractivity contribution in [2.75, 3.05) is 0 Å². The lowest BCUT2D eigenvalue weighted by molar-refractivity contribution is -0.123. The van der Waals surface area contributed by atoms with Gasteiger partial charge in [0.05, 0.1) is 0 Å². The van der Waals surface area contributed by atoms with E-state index in [1.807, 2.05) is 48.5 Å². The molecule has 1 amide bonds. The van der Waals surface area contributed by atoms with Gasteiger partial charge < -0.3 is 5.32 Å². The molecule has 2 N–H and O–H groups in total. The third-order valence-electron chi connectivity index (χ3n) is 4.49. The maximum absolute atomic E-state index is 12.8. The van der Waals surface area contributed by atoms with Crippen molar-refractivity contribution in [3.05, 3.63) is 71.8 Å². The maximum atomic E-state index is 12.8. The van der Waals surface area contributed by atoms with Gasteiger partial charge in [0.1, 0.15) is 6.04 Å². The first kappa shape index (κ1) is 16.7. The van der Waals surface area contributed by atoms with Crippen LogP contribution in [-0.4, -0.2) is 11.9 Å². The monoisotopic (exact) mass is 322 g/mol. The highest BCUT2D eigenvalue weighted by Gasteiger charge is 2.30. The molecule has 2 atom stereocenters. The summed E-state index contributed by atoms with van der Waals surface area (Å²) in [6, 6.07) is 20.5. The number of carbonyl (C=O) groups excluding carboxylic acids is 1. The topological polar surface area (TPSA) is 41.1 Å².